The van der Waals surface area contributed by atoms with Gasteiger partial charge in [-0.3, -0.25) is 4.79 Å². The summed E-state index contributed by atoms with van der Waals surface area (Å²) in [5.41, 5.74) is 0. The van der Waals surface area contributed by atoms with E-state index in [4.69, 9.17) is 0 Å². The molecule has 0 aromatic carbocycles. The molecule has 3 amide bonds. The first-order valence-corrected chi connectivity index (χ1v) is 6.30. The highest BCUT2D eigenvalue weighted by atomic mass is 16.2. The smallest absolute Gasteiger partial charge is 0.319 e. The van der Waals surface area contributed by atoms with E-state index in [2.05, 4.69) is 0 Å². The van der Waals surface area contributed by atoms with Crippen molar-refractivity contribution in [2.45, 2.75) is 6.42 Å². The van der Waals surface area contributed by atoms with E-state index in [1.54, 1.807) is 23.9 Å². The lowest BCUT2D eigenvalue weighted by atomic mass is 10.2. The maximum atomic E-state index is 11.9. The Morgan fingerprint density at radius 1 is 0.944 bits per heavy atom. The SMILES string of the molecule is CN(C)CCC(=O)N1CCN(C(=O)N(C)C)CC1. The standard InChI is InChI=1S/C12H24N4O2/c1-13(2)6-5-11(17)15-7-9-16(10-8-15)12(18)14(3)4/h5-10H2,1-4H3. The number of nitrogens with zero attached hydrogens (tertiary/aromatic N) is 4. The molecule has 6 heteroatoms. The van der Waals surface area contributed by atoms with Crippen LogP contribution in [0.2, 0.25) is 0 Å². The van der Waals surface area contributed by atoms with Gasteiger partial charge in [-0.2, -0.15) is 0 Å². The van der Waals surface area contributed by atoms with Gasteiger partial charge in [0.15, 0.2) is 0 Å². The van der Waals surface area contributed by atoms with Gasteiger partial charge in [0.05, 0.1) is 0 Å². The monoisotopic (exact) mass is 256 g/mol. The lowest BCUT2D eigenvalue weighted by Gasteiger charge is -2.36. The third kappa shape index (κ3) is 4.18. The Balaban J connectivity index is 2.35. The largest absolute Gasteiger partial charge is 0.339 e. The highest BCUT2D eigenvalue weighted by Crippen LogP contribution is 2.06. The summed E-state index contributed by atoms with van der Waals surface area (Å²) in [6.07, 6.45) is 0.550. The lowest BCUT2D eigenvalue weighted by Crippen LogP contribution is -2.53. The van der Waals surface area contributed by atoms with Gasteiger partial charge in [-0.25, -0.2) is 4.79 Å². The van der Waals surface area contributed by atoms with Crippen molar-refractivity contribution in [2.24, 2.45) is 0 Å². The maximum Gasteiger partial charge on any atom is 0.319 e. The van der Waals surface area contributed by atoms with Gasteiger partial charge in [0.2, 0.25) is 5.91 Å². The second kappa shape index (κ2) is 6.58. The van der Waals surface area contributed by atoms with Crippen LogP contribution in [0, 0.1) is 0 Å². The molecule has 0 aromatic heterocycles. The highest BCUT2D eigenvalue weighted by Gasteiger charge is 2.24. The summed E-state index contributed by atoms with van der Waals surface area (Å²) in [5.74, 6) is 0.181. The van der Waals surface area contributed by atoms with Gasteiger partial charge in [0.1, 0.15) is 0 Å². The van der Waals surface area contributed by atoms with E-state index >= 15 is 0 Å². The molecule has 0 bridgehead atoms. The molecule has 0 spiro atoms. The second-order valence-electron chi connectivity index (χ2n) is 5.10. The van der Waals surface area contributed by atoms with E-state index < -0.39 is 0 Å². The van der Waals surface area contributed by atoms with Crippen LogP contribution in [0.25, 0.3) is 0 Å². The second-order valence-corrected chi connectivity index (χ2v) is 5.10. The first kappa shape index (κ1) is 14.8. The highest BCUT2D eigenvalue weighted by molar-refractivity contribution is 5.77. The fraction of sp³-hybridized carbons (Fsp3) is 0.833. The number of amides is 3. The molecule has 0 aliphatic carbocycles. The van der Waals surface area contributed by atoms with Crippen LogP contribution in [0.1, 0.15) is 6.42 Å². The van der Waals surface area contributed by atoms with Gasteiger partial charge >= 0.3 is 6.03 Å². The van der Waals surface area contributed by atoms with Gasteiger partial charge in [-0.1, -0.05) is 0 Å². The number of urea groups is 1. The Morgan fingerprint density at radius 2 is 1.44 bits per heavy atom. The Hall–Kier alpha value is -1.30. The number of hydrogen-bond donors (Lipinski definition) is 0. The normalized spacial score (nSPS) is 16.1. The molecule has 1 rings (SSSR count). The molecule has 6 nitrogen and oxygen atoms in total. The molecule has 1 aliphatic rings. The summed E-state index contributed by atoms with van der Waals surface area (Å²) >= 11 is 0. The Labute approximate surface area is 109 Å². The van der Waals surface area contributed by atoms with E-state index in [-0.39, 0.29) is 11.9 Å². The molecular weight excluding hydrogens is 232 g/mol. The molecule has 1 fully saturated rings. The molecule has 0 N–H and O–H groups in total. The van der Waals surface area contributed by atoms with E-state index in [0.29, 0.717) is 32.6 Å². The number of hydrogen-bond acceptors (Lipinski definition) is 3. The molecule has 0 atom stereocenters. The minimum atomic E-state index is 0.0235. The fourth-order valence-electron chi connectivity index (χ4n) is 1.91. The average molecular weight is 256 g/mol. The van der Waals surface area contributed by atoms with Gasteiger partial charge in [0, 0.05) is 53.2 Å². The van der Waals surface area contributed by atoms with Crippen molar-refractivity contribution < 1.29 is 9.59 Å². The molecule has 0 aromatic rings. The summed E-state index contributed by atoms with van der Waals surface area (Å²) in [4.78, 5) is 30.8. The zero-order valence-electron chi connectivity index (χ0n) is 11.8. The predicted octanol–water partition coefficient (Wildman–Crippen LogP) is -0.236. The van der Waals surface area contributed by atoms with Gasteiger partial charge in [0.25, 0.3) is 0 Å². The summed E-state index contributed by atoms with van der Waals surface area (Å²) in [5, 5.41) is 0. The van der Waals surface area contributed by atoms with Crippen LogP contribution in [-0.2, 0) is 4.79 Å². The summed E-state index contributed by atoms with van der Waals surface area (Å²) < 4.78 is 0. The average Bonchev–Trinajstić information content (AvgIpc) is 2.35. The summed E-state index contributed by atoms with van der Waals surface area (Å²) in [6.45, 7) is 3.32. The Bertz CT molecular complexity index is 296. The van der Waals surface area contributed by atoms with Crippen molar-refractivity contribution in [2.75, 3.05) is 60.9 Å². The minimum Gasteiger partial charge on any atom is -0.339 e. The molecule has 104 valence electrons. The molecule has 18 heavy (non-hydrogen) atoms. The first-order chi connectivity index (χ1) is 8.41. The number of carbonyl (C=O) groups excluding carboxylic acids is 2. The van der Waals surface area contributed by atoms with Crippen LogP contribution < -0.4 is 0 Å². The van der Waals surface area contributed by atoms with Gasteiger partial charge in [-0.15, -0.1) is 0 Å². The molecule has 0 unspecified atom stereocenters. The van der Waals surface area contributed by atoms with Crippen molar-refractivity contribution in [1.29, 1.82) is 0 Å². The summed E-state index contributed by atoms with van der Waals surface area (Å²) in [7, 11) is 7.41. The van der Waals surface area contributed by atoms with Gasteiger partial charge in [-0.05, 0) is 14.1 Å². The van der Waals surface area contributed by atoms with Crippen LogP contribution in [-0.4, -0.2) is 92.5 Å². The molecule has 0 radical (unpaired) electrons. The predicted molar refractivity (Wildman–Crippen MR) is 70.4 cm³/mol. The van der Waals surface area contributed by atoms with Crippen molar-refractivity contribution in [3.8, 4) is 0 Å². The third-order valence-electron chi connectivity index (χ3n) is 3.06. The summed E-state index contributed by atoms with van der Waals surface area (Å²) in [6, 6.07) is 0.0235. The van der Waals surface area contributed by atoms with E-state index in [1.165, 1.54) is 0 Å². The Morgan fingerprint density at radius 3 is 1.89 bits per heavy atom. The third-order valence-corrected chi connectivity index (χ3v) is 3.06. The van der Waals surface area contributed by atoms with Crippen molar-refractivity contribution in [3.05, 3.63) is 0 Å². The van der Waals surface area contributed by atoms with Crippen LogP contribution in [0.4, 0.5) is 4.79 Å². The Kier molecular flexibility index (Phi) is 5.40. The molecule has 1 heterocycles. The number of rotatable bonds is 3. The van der Waals surface area contributed by atoms with Crippen LogP contribution >= 0.6 is 0 Å². The molecule has 1 aliphatic heterocycles. The van der Waals surface area contributed by atoms with Crippen molar-refractivity contribution in [1.82, 2.24) is 19.6 Å². The lowest BCUT2D eigenvalue weighted by molar-refractivity contribution is -0.132. The maximum absolute atomic E-state index is 11.9. The van der Waals surface area contributed by atoms with E-state index in [1.807, 2.05) is 23.9 Å². The fourth-order valence-corrected chi connectivity index (χ4v) is 1.91. The van der Waals surface area contributed by atoms with E-state index in [9.17, 15) is 9.59 Å². The topological polar surface area (TPSA) is 47.1 Å². The van der Waals surface area contributed by atoms with Gasteiger partial charge < -0.3 is 19.6 Å². The van der Waals surface area contributed by atoms with Crippen LogP contribution in [0.3, 0.4) is 0 Å². The first-order valence-electron chi connectivity index (χ1n) is 6.30. The minimum absolute atomic E-state index is 0.0235. The quantitative estimate of drug-likeness (QED) is 0.700. The number of carbonyl (C=O) groups is 2. The zero-order valence-corrected chi connectivity index (χ0v) is 11.8. The van der Waals surface area contributed by atoms with Crippen molar-refractivity contribution >= 4 is 11.9 Å². The molecular formula is C12H24N4O2. The van der Waals surface area contributed by atoms with E-state index in [0.717, 1.165) is 6.54 Å². The molecule has 1 saturated heterocycles. The number of piperazine rings is 1. The zero-order chi connectivity index (χ0) is 13.7. The van der Waals surface area contributed by atoms with Crippen LogP contribution in [0.15, 0.2) is 0 Å². The van der Waals surface area contributed by atoms with Crippen LogP contribution in [0.5, 0.6) is 0 Å². The molecule has 0 saturated carbocycles. The van der Waals surface area contributed by atoms with Crippen molar-refractivity contribution in [3.63, 3.8) is 0 Å².